The molecule has 0 fully saturated rings. The van der Waals surface area contributed by atoms with E-state index in [9.17, 15) is 4.79 Å². The molecule has 5 nitrogen and oxygen atoms in total. The summed E-state index contributed by atoms with van der Waals surface area (Å²) in [5, 5.41) is 3.44. The predicted octanol–water partition coefficient (Wildman–Crippen LogP) is 4.29. The molecule has 0 saturated carbocycles. The van der Waals surface area contributed by atoms with Crippen molar-refractivity contribution in [3.05, 3.63) is 51.8 Å². The lowest BCUT2D eigenvalue weighted by Crippen LogP contribution is -2.32. The van der Waals surface area contributed by atoms with Crippen LogP contribution in [-0.2, 0) is 0 Å². The third-order valence-electron chi connectivity index (χ3n) is 3.94. The Balaban J connectivity index is 1.84. The second-order valence-corrected chi connectivity index (χ2v) is 6.86. The molecular formula is C18H18Cl2N2O3. The number of ether oxygens (including phenoxy) is 2. The summed E-state index contributed by atoms with van der Waals surface area (Å²) < 4.78 is 11.2. The molecule has 0 spiro atoms. The van der Waals surface area contributed by atoms with Gasteiger partial charge in [0.25, 0.3) is 5.91 Å². The topological polar surface area (TPSA) is 60.5 Å². The van der Waals surface area contributed by atoms with Crippen molar-refractivity contribution in [3.63, 3.8) is 0 Å². The first-order chi connectivity index (χ1) is 12.0. The summed E-state index contributed by atoms with van der Waals surface area (Å²) in [6.07, 6.45) is 1.41. The Kier molecular flexibility index (Phi) is 5.35. The van der Waals surface area contributed by atoms with Crippen molar-refractivity contribution in [1.29, 1.82) is 0 Å². The van der Waals surface area contributed by atoms with Crippen LogP contribution in [0, 0.1) is 5.92 Å². The number of hydrogen-bond donors (Lipinski definition) is 1. The Morgan fingerprint density at radius 3 is 2.56 bits per heavy atom. The van der Waals surface area contributed by atoms with Crippen molar-refractivity contribution in [2.45, 2.75) is 19.9 Å². The van der Waals surface area contributed by atoms with E-state index in [0.29, 0.717) is 24.5 Å². The van der Waals surface area contributed by atoms with E-state index in [0.717, 1.165) is 11.3 Å². The SMILES string of the molecule is CC(C)C(NC(=O)c1cnc(Cl)c(Cl)c1)c1ccc2c(c1)OCCO2. The van der Waals surface area contributed by atoms with E-state index in [2.05, 4.69) is 10.3 Å². The fraction of sp³-hybridized carbons (Fsp3) is 0.333. The average Bonchev–Trinajstić information content (AvgIpc) is 2.61. The lowest BCUT2D eigenvalue weighted by Gasteiger charge is -2.25. The van der Waals surface area contributed by atoms with Gasteiger partial charge in [0, 0.05) is 6.20 Å². The molecule has 1 amide bonds. The number of aromatic nitrogens is 1. The Morgan fingerprint density at radius 2 is 1.88 bits per heavy atom. The minimum absolute atomic E-state index is 0.169. The maximum absolute atomic E-state index is 12.6. The number of fused-ring (bicyclic) bond motifs is 1. The quantitative estimate of drug-likeness (QED) is 0.803. The highest BCUT2D eigenvalue weighted by molar-refractivity contribution is 6.41. The van der Waals surface area contributed by atoms with Crippen molar-refractivity contribution < 1.29 is 14.3 Å². The second kappa shape index (κ2) is 7.50. The molecule has 2 aromatic rings. The standard InChI is InChI=1S/C18H18Cl2N2O3/c1-10(2)16(11-3-4-14-15(8-11)25-6-5-24-14)22-18(23)12-7-13(19)17(20)21-9-12/h3-4,7-10,16H,5-6H2,1-2H3,(H,22,23). The average molecular weight is 381 g/mol. The molecular weight excluding hydrogens is 363 g/mol. The molecule has 1 N–H and O–H groups in total. The summed E-state index contributed by atoms with van der Waals surface area (Å²) in [5.41, 5.74) is 1.30. The molecule has 0 radical (unpaired) electrons. The van der Waals surface area contributed by atoms with Gasteiger partial charge >= 0.3 is 0 Å². The summed E-state index contributed by atoms with van der Waals surface area (Å²) in [7, 11) is 0. The summed E-state index contributed by atoms with van der Waals surface area (Å²) in [6, 6.07) is 7.02. The van der Waals surface area contributed by atoms with E-state index in [1.807, 2.05) is 32.0 Å². The molecule has 1 aromatic heterocycles. The molecule has 7 heteroatoms. The maximum atomic E-state index is 12.6. The zero-order chi connectivity index (χ0) is 18.0. The molecule has 1 aliphatic rings. The first-order valence-corrected chi connectivity index (χ1v) is 8.72. The number of rotatable bonds is 4. The smallest absolute Gasteiger partial charge is 0.253 e. The van der Waals surface area contributed by atoms with Crippen LogP contribution in [0.1, 0.15) is 35.8 Å². The molecule has 0 aliphatic carbocycles. The van der Waals surface area contributed by atoms with Gasteiger partial charge in [0.1, 0.15) is 18.4 Å². The van der Waals surface area contributed by atoms with Crippen LogP contribution in [-0.4, -0.2) is 24.1 Å². The highest BCUT2D eigenvalue weighted by atomic mass is 35.5. The number of nitrogens with one attached hydrogen (secondary N) is 1. The van der Waals surface area contributed by atoms with Crippen molar-refractivity contribution in [1.82, 2.24) is 10.3 Å². The number of benzene rings is 1. The van der Waals surface area contributed by atoms with Crippen molar-refractivity contribution in [2.75, 3.05) is 13.2 Å². The zero-order valence-electron chi connectivity index (χ0n) is 13.9. The monoisotopic (exact) mass is 380 g/mol. The predicted molar refractivity (Wildman–Crippen MR) is 96.7 cm³/mol. The number of hydrogen-bond acceptors (Lipinski definition) is 4. The third kappa shape index (κ3) is 3.99. The number of carbonyl (C=O) groups excluding carboxylic acids is 1. The Morgan fingerprint density at radius 1 is 1.16 bits per heavy atom. The molecule has 1 aromatic carbocycles. The molecule has 132 valence electrons. The molecule has 0 bridgehead atoms. The van der Waals surface area contributed by atoms with Crippen LogP contribution in [0.3, 0.4) is 0 Å². The van der Waals surface area contributed by atoms with E-state index in [4.69, 9.17) is 32.7 Å². The van der Waals surface area contributed by atoms with Gasteiger partial charge in [0.05, 0.1) is 16.6 Å². The van der Waals surface area contributed by atoms with Crippen LogP contribution >= 0.6 is 23.2 Å². The van der Waals surface area contributed by atoms with Gasteiger partial charge in [-0.05, 0) is 29.7 Å². The van der Waals surface area contributed by atoms with Crippen molar-refractivity contribution in [2.24, 2.45) is 5.92 Å². The van der Waals surface area contributed by atoms with Gasteiger partial charge in [-0.2, -0.15) is 0 Å². The number of amides is 1. The van der Waals surface area contributed by atoms with Gasteiger partial charge in [-0.15, -0.1) is 0 Å². The fourth-order valence-corrected chi connectivity index (χ4v) is 2.93. The first-order valence-electron chi connectivity index (χ1n) is 7.97. The molecule has 1 aliphatic heterocycles. The molecule has 1 atom stereocenters. The van der Waals surface area contributed by atoms with E-state index < -0.39 is 0 Å². The van der Waals surface area contributed by atoms with E-state index in [1.165, 1.54) is 12.3 Å². The van der Waals surface area contributed by atoms with Gasteiger partial charge < -0.3 is 14.8 Å². The summed E-state index contributed by atoms with van der Waals surface area (Å²) >= 11 is 11.8. The van der Waals surface area contributed by atoms with Gasteiger partial charge in [0.2, 0.25) is 0 Å². The summed E-state index contributed by atoms with van der Waals surface area (Å²) in [4.78, 5) is 16.5. The van der Waals surface area contributed by atoms with E-state index in [1.54, 1.807) is 0 Å². The first kappa shape index (κ1) is 17.8. The van der Waals surface area contributed by atoms with Crippen LogP contribution in [0.4, 0.5) is 0 Å². The normalized spacial score (nSPS) is 14.3. The Bertz CT molecular complexity index is 796. The number of pyridine rings is 1. The molecule has 3 rings (SSSR count). The van der Waals surface area contributed by atoms with Gasteiger partial charge in [-0.25, -0.2) is 4.98 Å². The zero-order valence-corrected chi connectivity index (χ0v) is 15.4. The van der Waals surface area contributed by atoms with Crippen molar-refractivity contribution >= 4 is 29.1 Å². The highest BCUT2D eigenvalue weighted by Gasteiger charge is 2.22. The van der Waals surface area contributed by atoms with Gasteiger partial charge in [-0.3, -0.25) is 4.79 Å². The van der Waals surface area contributed by atoms with Gasteiger partial charge in [-0.1, -0.05) is 43.1 Å². The molecule has 0 saturated heterocycles. The van der Waals surface area contributed by atoms with Crippen molar-refractivity contribution in [3.8, 4) is 11.5 Å². The number of halogens is 2. The molecule has 25 heavy (non-hydrogen) atoms. The number of nitrogens with zero attached hydrogens (tertiary/aromatic N) is 1. The largest absolute Gasteiger partial charge is 0.486 e. The highest BCUT2D eigenvalue weighted by Crippen LogP contribution is 2.34. The minimum atomic E-state index is -0.264. The van der Waals surface area contributed by atoms with Crippen LogP contribution in [0.5, 0.6) is 11.5 Å². The van der Waals surface area contributed by atoms with E-state index >= 15 is 0 Å². The fourth-order valence-electron chi connectivity index (χ4n) is 2.66. The Hall–Kier alpha value is -1.98. The van der Waals surface area contributed by atoms with Crippen LogP contribution in [0.2, 0.25) is 10.2 Å². The minimum Gasteiger partial charge on any atom is -0.486 e. The molecule has 2 heterocycles. The summed E-state index contributed by atoms with van der Waals surface area (Å²) in [5.74, 6) is 1.32. The maximum Gasteiger partial charge on any atom is 0.253 e. The van der Waals surface area contributed by atoms with Crippen LogP contribution in [0.15, 0.2) is 30.5 Å². The van der Waals surface area contributed by atoms with Crippen LogP contribution in [0.25, 0.3) is 0 Å². The summed E-state index contributed by atoms with van der Waals surface area (Å²) in [6.45, 7) is 5.13. The third-order valence-corrected chi connectivity index (χ3v) is 4.62. The van der Waals surface area contributed by atoms with E-state index in [-0.39, 0.29) is 28.0 Å². The lowest BCUT2D eigenvalue weighted by molar-refractivity contribution is 0.0925. The Labute approximate surface area is 156 Å². The van der Waals surface area contributed by atoms with Gasteiger partial charge in [0.15, 0.2) is 11.5 Å². The molecule has 1 unspecified atom stereocenters. The number of carbonyl (C=O) groups is 1. The van der Waals surface area contributed by atoms with Crippen LogP contribution < -0.4 is 14.8 Å². The lowest BCUT2D eigenvalue weighted by atomic mass is 9.95. The second-order valence-electron chi connectivity index (χ2n) is 6.09.